The van der Waals surface area contributed by atoms with Gasteiger partial charge in [0.05, 0.1) is 0 Å². The van der Waals surface area contributed by atoms with Gasteiger partial charge in [-0.1, -0.05) is 132 Å². The molecule has 0 atom stereocenters. The molecule has 0 radical (unpaired) electrons. The van der Waals surface area contributed by atoms with Crippen LogP contribution in [0.25, 0.3) is 54.2 Å². The Balaban J connectivity index is 0.000000130. The predicted molar refractivity (Wildman–Crippen MR) is 238 cm³/mol. The molecule has 0 spiro atoms. The number of benzene rings is 7. The Morgan fingerprint density at radius 3 is 1.51 bits per heavy atom. The van der Waals surface area contributed by atoms with Gasteiger partial charge in [-0.2, -0.15) is 6.07 Å². The Morgan fingerprint density at radius 1 is 0.436 bits per heavy atom. The number of hydrogen-bond acceptors (Lipinski definition) is 0. The van der Waals surface area contributed by atoms with E-state index < -0.39 is 0 Å². The van der Waals surface area contributed by atoms with Gasteiger partial charge in [-0.15, -0.1) is 74.3 Å². The van der Waals surface area contributed by atoms with Crippen molar-refractivity contribution in [1.29, 1.82) is 0 Å². The molecule has 9 aromatic carbocycles. The predicted octanol–water partition coefficient (Wildman–Crippen LogP) is 14.8. The molecule has 0 fully saturated rings. The fourth-order valence-electron chi connectivity index (χ4n) is 7.32. The summed E-state index contributed by atoms with van der Waals surface area (Å²) < 4.78 is 1.42. The molecule has 55 heavy (non-hydrogen) atoms. The third-order valence-electron chi connectivity index (χ3n) is 10.5. The third-order valence-corrected chi connectivity index (χ3v) is 11.9. The molecule has 0 unspecified atom stereocenters. The molecular formula is C54H50Zr. The van der Waals surface area contributed by atoms with Crippen molar-refractivity contribution < 1.29 is 24.2 Å². The molecule has 0 heterocycles. The second kappa shape index (κ2) is 16.0. The van der Waals surface area contributed by atoms with Crippen molar-refractivity contribution in [2.75, 3.05) is 0 Å². The molecule has 0 aromatic heterocycles. The summed E-state index contributed by atoms with van der Waals surface area (Å²) in [6, 6.07) is 63.6. The van der Waals surface area contributed by atoms with E-state index in [1.807, 2.05) is 0 Å². The van der Waals surface area contributed by atoms with Crippen LogP contribution < -0.4 is 0 Å². The minimum absolute atomic E-state index is 0.203. The zero-order chi connectivity index (χ0) is 38.7. The van der Waals surface area contributed by atoms with E-state index in [0.29, 0.717) is 0 Å². The van der Waals surface area contributed by atoms with E-state index in [1.165, 1.54) is 109 Å². The van der Waals surface area contributed by atoms with Crippen molar-refractivity contribution in [2.24, 2.45) is 0 Å². The first-order valence-electron chi connectivity index (χ1n) is 19.3. The van der Waals surface area contributed by atoms with Crippen LogP contribution in [0.15, 0.2) is 176 Å². The van der Waals surface area contributed by atoms with Crippen LogP contribution in [0.5, 0.6) is 0 Å². The first-order valence-corrected chi connectivity index (χ1v) is 20.6. The van der Waals surface area contributed by atoms with Crippen molar-refractivity contribution in [1.82, 2.24) is 0 Å². The summed E-state index contributed by atoms with van der Waals surface area (Å²) in [5.41, 5.74) is 9.81. The van der Waals surface area contributed by atoms with Crippen molar-refractivity contribution in [3.05, 3.63) is 204 Å². The van der Waals surface area contributed by atoms with Crippen LogP contribution in [-0.4, -0.2) is 3.21 Å². The molecule has 0 amide bonds. The molecule has 0 N–H and O–H groups in total. The summed E-state index contributed by atoms with van der Waals surface area (Å²) >= 11 is 1.46. The van der Waals surface area contributed by atoms with Crippen LogP contribution in [0.3, 0.4) is 0 Å². The Hall–Kier alpha value is -4.97. The van der Waals surface area contributed by atoms with Crippen LogP contribution in [0.2, 0.25) is 0 Å². The summed E-state index contributed by atoms with van der Waals surface area (Å²) in [5.74, 6) is 0. The summed E-state index contributed by atoms with van der Waals surface area (Å²) in [6.45, 7) is 15.8. The molecule has 270 valence electrons. The Labute approximate surface area is 342 Å². The fourth-order valence-corrected chi connectivity index (χ4v) is 8.14. The number of fused-ring (bicyclic) bond motifs is 5. The van der Waals surface area contributed by atoms with Crippen LogP contribution in [-0.2, 0) is 35.1 Å². The van der Waals surface area contributed by atoms with Crippen LogP contribution in [0.4, 0.5) is 0 Å². The maximum atomic E-state index is 2.35. The molecule has 0 aliphatic carbocycles. The van der Waals surface area contributed by atoms with Gasteiger partial charge in [-0.3, -0.25) is 0 Å². The van der Waals surface area contributed by atoms with E-state index in [1.54, 1.807) is 0 Å². The maximum absolute atomic E-state index is 2.35. The molecule has 9 rings (SSSR count). The topological polar surface area (TPSA) is 0 Å². The van der Waals surface area contributed by atoms with Crippen molar-refractivity contribution >= 4 is 46.3 Å². The molecule has 0 saturated carbocycles. The summed E-state index contributed by atoms with van der Waals surface area (Å²) in [4.78, 5) is 0. The third kappa shape index (κ3) is 8.80. The number of rotatable bonds is 3. The van der Waals surface area contributed by atoms with Gasteiger partial charge >= 0.3 is 99.2 Å². The summed E-state index contributed by atoms with van der Waals surface area (Å²) in [5, 5.41) is 10.7. The average molecular weight is 790 g/mol. The Bertz CT molecular complexity index is 2610. The molecule has 0 nitrogen and oxygen atoms in total. The molecular weight excluding hydrogens is 740 g/mol. The second-order valence-electron chi connectivity index (χ2n) is 16.8. The van der Waals surface area contributed by atoms with Gasteiger partial charge in [0.25, 0.3) is 0 Å². The van der Waals surface area contributed by atoms with Crippen LogP contribution in [0.1, 0.15) is 69.4 Å². The Kier molecular flexibility index (Phi) is 11.2. The summed E-state index contributed by atoms with van der Waals surface area (Å²) in [6.07, 6.45) is 0. The molecule has 0 aliphatic rings. The molecule has 9 aromatic rings. The molecule has 0 aliphatic heterocycles. The van der Waals surface area contributed by atoms with E-state index in [4.69, 9.17) is 0 Å². The van der Waals surface area contributed by atoms with Gasteiger partial charge in [-0.25, -0.2) is 0 Å². The normalized spacial score (nSPS) is 11.7. The standard InChI is InChI=1S/C21H25.C20H15.C13H10.Zr/c1-20(2,3)16-7-9-18-14(12-16)11-15-13-17(21(4,5)6)8-10-19(15)18;1-14-11-17-7-4-8-19(20(17)12-14)18-10-9-15-5-2-3-6-16(15)13-18;1-3-7-12(8-4-1)11-13-9-5-2-6-10-13;/h7-13H,1-6H3;2-13H,1H3;1-10H;/q2*-1;;+2. The van der Waals surface area contributed by atoms with E-state index in [0.717, 1.165) is 0 Å². The fraction of sp³-hybridized carbons (Fsp3) is 0.167. The van der Waals surface area contributed by atoms with Crippen LogP contribution >= 0.6 is 0 Å². The summed E-state index contributed by atoms with van der Waals surface area (Å²) in [7, 11) is 0. The van der Waals surface area contributed by atoms with Gasteiger partial charge in [0.15, 0.2) is 0 Å². The van der Waals surface area contributed by atoms with E-state index in [-0.39, 0.29) is 10.8 Å². The molecule has 0 bridgehead atoms. The quantitative estimate of drug-likeness (QED) is 0.156. The SMILES string of the molecule is CC(C)(C)c1ccc2c(c1)[cH-]c1cc(C(C)(C)C)ccc12.Cc1cc2c(-c3ccc4ccccc4c3)cccc2[cH-]1.[Zr+2]=[C](c1ccccc1)c1ccccc1. The zero-order valence-electron chi connectivity index (χ0n) is 33.2. The zero-order valence-corrected chi connectivity index (χ0v) is 35.7. The number of aryl methyl sites for hydroxylation is 1. The van der Waals surface area contributed by atoms with Crippen molar-refractivity contribution in [3.8, 4) is 11.1 Å². The Morgan fingerprint density at radius 2 is 0.964 bits per heavy atom. The average Bonchev–Trinajstić information content (AvgIpc) is 3.76. The van der Waals surface area contributed by atoms with Gasteiger partial charge in [-0.05, 0) is 33.2 Å². The van der Waals surface area contributed by atoms with Gasteiger partial charge < -0.3 is 0 Å². The first kappa shape index (κ1) is 38.3. The van der Waals surface area contributed by atoms with Crippen molar-refractivity contribution in [3.63, 3.8) is 0 Å². The van der Waals surface area contributed by atoms with Crippen LogP contribution in [0, 0.1) is 6.92 Å². The number of hydrogen-bond donors (Lipinski definition) is 0. The molecule has 0 saturated heterocycles. The van der Waals surface area contributed by atoms with Gasteiger partial charge in [0, 0.05) is 0 Å². The van der Waals surface area contributed by atoms with Gasteiger partial charge in [0.2, 0.25) is 0 Å². The monoisotopic (exact) mass is 788 g/mol. The minimum atomic E-state index is 0.203. The molecule has 1 heteroatoms. The van der Waals surface area contributed by atoms with Gasteiger partial charge in [0.1, 0.15) is 0 Å². The van der Waals surface area contributed by atoms with E-state index in [2.05, 4.69) is 224 Å². The van der Waals surface area contributed by atoms with E-state index in [9.17, 15) is 0 Å². The van der Waals surface area contributed by atoms with E-state index >= 15 is 0 Å². The second-order valence-corrected chi connectivity index (χ2v) is 18.0. The van der Waals surface area contributed by atoms with Crippen molar-refractivity contribution in [2.45, 2.75) is 59.3 Å². The first-order chi connectivity index (χ1) is 26.3.